The van der Waals surface area contributed by atoms with Crippen LogP contribution in [0.15, 0.2) is 4.79 Å². The van der Waals surface area contributed by atoms with Crippen molar-refractivity contribution in [3.05, 3.63) is 15.8 Å². The highest BCUT2D eigenvalue weighted by Crippen LogP contribution is 2.30. The lowest BCUT2D eigenvalue weighted by atomic mass is 10.1. The molecule has 2 aromatic rings. The molecule has 0 radical (unpaired) electrons. The molecule has 0 unspecified atom stereocenters. The van der Waals surface area contributed by atoms with E-state index in [4.69, 9.17) is 21.1 Å². The maximum Gasteiger partial charge on any atom is 0.330 e. The van der Waals surface area contributed by atoms with Crippen LogP contribution in [0.4, 0.5) is 0 Å². The van der Waals surface area contributed by atoms with E-state index in [0.717, 1.165) is 38.8 Å². The first-order chi connectivity index (χ1) is 13.0. The average Bonchev–Trinajstić information content (AvgIpc) is 3.17. The fourth-order valence-electron chi connectivity index (χ4n) is 4.33. The lowest BCUT2D eigenvalue weighted by Crippen LogP contribution is -2.38. The molecule has 8 nitrogen and oxygen atoms in total. The van der Waals surface area contributed by atoms with Crippen molar-refractivity contribution in [1.29, 1.82) is 0 Å². The van der Waals surface area contributed by atoms with Crippen LogP contribution in [0.5, 0.6) is 5.88 Å². The van der Waals surface area contributed by atoms with Crippen LogP contribution >= 0.6 is 11.6 Å². The van der Waals surface area contributed by atoms with E-state index in [-0.39, 0.29) is 23.1 Å². The molecule has 4 heterocycles. The van der Waals surface area contributed by atoms with E-state index < -0.39 is 0 Å². The van der Waals surface area contributed by atoms with Crippen LogP contribution in [0.25, 0.3) is 11.2 Å². The lowest BCUT2D eigenvalue weighted by molar-refractivity contribution is 0.0590. The minimum Gasteiger partial charge on any atom is -0.471 e. The first-order valence-corrected chi connectivity index (χ1v) is 9.94. The number of halogens is 1. The van der Waals surface area contributed by atoms with Crippen molar-refractivity contribution >= 4 is 22.8 Å². The highest BCUT2D eigenvalue weighted by molar-refractivity contribution is 6.28. The fourth-order valence-corrected chi connectivity index (χ4v) is 4.49. The predicted molar refractivity (Wildman–Crippen MR) is 103 cm³/mol. The highest BCUT2D eigenvalue weighted by atomic mass is 35.5. The topological polar surface area (TPSA) is 74.4 Å². The van der Waals surface area contributed by atoms with Crippen molar-refractivity contribution in [2.45, 2.75) is 50.8 Å². The second kappa shape index (κ2) is 7.41. The van der Waals surface area contributed by atoms with Crippen LogP contribution in [0.3, 0.4) is 0 Å². The maximum absolute atomic E-state index is 12.9. The summed E-state index contributed by atoms with van der Waals surface area (Å²) >= 11 is 6.20. The monoisotopic (exact) mass is 395 g/mol. The first-order valence-electron chi connectivity index (χ1n) is 9.56. The fraction of sp³-hybridized carbons (Fsp3) is 0.722. The van der Waals surface area contributed by atoms with Gasteiger partial charge in [-0.25, -0.2) is 4.79 Å². The van der Waals surface area contributed by atoms with Gasteiger partial charge in [0.1, 0.15) is 6.10 Å². The molecule has 2 aliphatic rings. The Bertz CT molecular complexity index is 889. The molecule has 0 aromatic carbocycles. The summed E-state index contributed by atoms with van der Waals surface area (Å²) in [4.78, 5) is 23.9. The molecule has 27 heavy (non-hydrogen) atoms. The Morgan fingerprint density at radius 2 is 2.07 bits per heavy atom. The lowest BCUT2D eigenvalue weighted by Gasteiger charge is -2.26. The molecular formula is C18H26ClN5O3. The largest absolute Gasteiger partial charge is 0.471 e. The van der Waals surface area contributed by atoms with E-state index in [2.05, 4.69) is 21.9 Å². The summed E-state index contributed by atoms with van der Waals surface area (Å²) in [5, 5.41) is 0.0838. The highest BCUT2D eigenvalue weighted by Gasteiger charge is 2.30. The van der Waals surface area contributed by atoms with Gasteiger partial charge in [0, 0.05) is 19.7 Å². The Labute approximate surface area is 163 Å². The molecule has 0 bridgehead atoms. The smallest absolute Gasteiger partial charge is 0.330 e. The molecule has 4 rings (SSSR count). The first kappa shape index (κ1) is 18.7. The maximum atomic E-state index is 12.9. The number of nitrogens with zero attached hydrogens (tertiary/aromatic N) is 5. The number of rotatable bonds is 4. The van der Waals surface area contributed by atoms with Crippen molar-refractivity contribution in [2.75, 3.05) is 26.8 Å². The Morgan fingerprint density at radius 1 is 1.26 bits per heavy atom. The van der Waals surface area contributed by atoms with Gasteiger partial charge in [-0.1, -0.05) is 0 Å². The van der Waals surface area contributed by atoms with Crippen molar-refractivity contribution in [3.63, 3.8) is 0 Å². The van der Waals surface area contributed by atoms with Crippen molar-refractivity contribution < 1.29 is 9.47 Å². The van der Waals surface area contributed by atoms with Gasteiger partial charge in [0.2, 0.25) is 11.2 Å². The van der Waals surface area contributed by atoms with E-state index >= 15 is 0 Å². The van der Waals surface area contributed by atoms with E-state index in [9.17, 15) is 4.79 Å². The summed E-state index contributed by atoms with van der Waals surface area (Å²) in [6, 6.07) is 0.270. The number of aryl methyl sites for hydroxylation is 1. The molecule has 0 N–H and O–H groups in total. The molecule has 3 atom stereocenters. The molecule has 9 heteroatoms. The number of hydrogen-bond donors (Lipinski definition) is 0. The van der Waals surface area contributed by atoms with Gasteiger partial charge < -0.3 is 9.47 Å². The van der Waals surface area contributed by atoms with Crippen LogP contribution in [-0.2, 0) is 11.8 Å². The Kier molecular flexibility index (Phi) is 5.13. The normalized spacial score (nSPS) is 25.2. The number of fused-ring (bicyclic) bond motifs is 1. The number of hydrogen-bond acceptors (Lipinski definition) is 6. The zero-order valence-corrected chi connectivity index (χ0v) is 16.8. The van der Waals surface area contributed by atoms with E-state index in [1.54, 1.807) is 16.2 Å². The summed E-state index contributed by atoms with van der Waals surface area (Å²) in [5.41, 5.74) is 0.954. The molecule has 2 fully saturated rings. The van der Waals surface area contributed by atoms with Gasteiger partial charge in [0.25, 0.3) is 0 Å². The van der Waals surface area contributed by atoms with E-state index in [0.29, 0.717) is 29.7 Å². The Morgan fingerprint density at radius 3 is 2.74 bits per heavy atom. The molecule has 0 aliphatic carbocycles. The number of imidazole rings is 1. The quantitative estimate of drug-likeness (QED) is 0.737. The van der Waals surface area contributed by atoms with Gasteiger partial charge in [-0.2, -0.15) is 9.97 Å². The second-order valence-electron chi connectivity index (χ2n) is 7.57. The minimum atomic E-state index is -0.146. The van der Waals surface area contributed by atoms with Gasteiger partial charge in [-0.05, 0) is 57.8 Å². The SMILES string of the molecule is C[C@H](Oc1nc(Cl)nc2c1n(C)c(=O)n2[C@@H]1CCCOC1)[C@@H]1CCCN1C. The van der Waals surface area contributed by atoms with Gasteiger partial charge in [0.05, 0.1) is 12.6 Å². The molecule has 0 spiro atoms. The Balaban J connectivity index is 1.76. The number of likely N-dealkylation sites (tertiary alicyclic amines) is 1. The zero-order valence-electron chi connectivity index (χ0n) is 16.0. The van der Waals surface area contributed by atoms with Crippen LogP contribution in [0, 0.1) is 0 Å². The Hall–Kier alpha value is -1.64. The molecule has 0 amide bonds. The van der Waals surface area contributed by atoms with Crippen molar-refractivity contribution in [2.24, 2.45) is 7.05 Å². The zero-order chi connectivity index (χ0) is 19.1. The van der Waals surface area contributed by atoms with Gasteiger partial charge in [-0.15, -0.1) is 0 Å². The third-order valence-corrected chi connectivity index (χ3v) is 5.95. The summed E-state index contributed by atoms with van der Waals surface area (Å²) in [6.07, 6.45) is 3.97. The molecule has 0 saturated carbocycles. The molecular weight excluding hydrogens is 370 g/mol. The number of likely N-dealkylation sites (N-methyl/N-ethyl adjacent to an activating group) is 1. The van der Waals surface area contributed by atoms with Crippen LogP contribution < -0.4 is 10.4 Å². The van der Waals surface area contributed by atoms with Crippen molar-refractivity contribution in [1.82, 2.24) is 24.0 Å². The van der Waals surface area contributed by atoms with E-state index in [1.807, 2.05) is 6.92 Å². The number of ether oxygens (including phenoxy) is 2. The second-order valence-corrected chi connectivity index (χ2v) is 7.90. The van der Waals surface area contributed by atoms with Crippen LogP contribution in [-0.4, -0.2) is 63.0 Å². The predicted octanol–water partition coefficient (Wildman–Crippen LogP) is 2.00. The summed E-state index contributed by atoms with van der Waals surface area (Å²) in [7, 11) is 3.83. The van der Waals surface area contributed by atoms with Gasteiger partial charge >= 0.3 is 5.69 Å². The summed E-state index contributed by atoms with van der Waals surface area (Å²) in [5.74, 6) is 0.368. The third kappa shape index (κ3) is 3.34. The van der Waals surface area contributed by atoms with Crippen LogP contribution in [0.1, 0.15) is 38.6 Å². The van der Waals surface area contributed by atoms with Gasteiger partial charge in [0.15, 0.2) is 11.2 Å². The number of aromatic nitrogens is 4. The molecule has 2 aromatic heterocycles. The summed E-state index contributed by atoms with van der Waals surface area (Å²) < 4.78 is 15.0. The van der Waals surface area contributed by atoms with Crippen LogP contribution in [0.2, 0.25) is 5.28 Å². The standard InChI is InChI=1S/C18H26ClN5O3/c1-11(13-7-4-8-22(13)2)27-16-14-15(20-17(19)21-16)24(18(25)23(14)3)12-6-5-9-26-10-12/h11-13H,4-10H2,1-3H3/t11-,12+,13-/m0/s1. The summed E-state index contributed by atoms with van der Waals surface area (Å²) in [6.45, 7) is 4.33. The van der Waals surface area contributed by atoms with E-state index in [1.165, 1.54) is 0 Å². The molecule has 2 aliphatic heterocycles. The molecule has 148 valence electrons. The molecule has 2 saturated heterocycles. The minimum absolute atomic E-state index is 0.0489. The average molecular weight is 396 g/mol. The van der Waals surface area contributed by atoms with Crippen molar-refractivity contribution in [3.8, 4) is 5.88 Å². The van der Waals surface area contributed by atoms with Gasteiger partial charge in [-0.3, -0.25) is 14.0 Å². The third-order valence-electron chi connectivity index (χ3n) is 5.78.